The van der Waals surface area contributed by atoms with Gasteiger partial charge in [-0.2, -0.15) is 0 Å². The summed E-state index contributed by atoms with van der Waals surface area (Å²) in [6.07, 6.45) is 0.542. The van der Waals surface area contributed by atoms with E-state index in [-0.39, 0.29) is 36.1 Å². The van der Waals surface area contributed by atoms with Crippen molar-refractivity contribution in [2.24, 2.45) is 5.41 Å². The minimum atomic E-state index is -0.199. The SMILES string of the molecule is C[C@H](NC(=O)N[C@@H](CCO)C(C)(C)C)[C@H]1COc2ccccc21. The topological polar surface area (TPSA) is 70.6 Å². The van der Waals surface area contributed by atoms with Crippen LogP contribution in [-0.4, -0.2) is 36.4 Å². The van der Waals surface area contributed by atoms with Gasteiger partial charge in [0.05, 0.1) is 6.61 Å². The molecule has 0 unspecified atom stereocenters. The van der Waals surface area contributed by atoms with Crippen molar-refractivity contribution in [2.75, 3.05) is 13.2 Å². The Bertz CT molecular complexity index is 539. The van der Waals surface area contributed by atoms with E-state index in [9.17, 15) is 9.90 Å². The number of hydrogen-bond acceptors (Lipinski definition) is 3. The second kappa shape index (κ2) is 7.21. The maximum Gasteiger partial charge on any atom is 0.315 e. The Morgan fingerprint density at radius 1 is 1.35 bits per heavy atom. The fourth-order valence-electron chi connectivity index (χ4n) is 2.96. The van der Waals surface area contributed by atoms with E-state index < -0.39 is 0 Å². The van der Waals surface area contributed by atoms with Gasteiger partial charge in [0.2, 0.25) is 0 Å². The Morgan fingerprint density at radius 3 is 2.70 bits per heavy atom. The first-order valence-corrected chi connectivity index (χ1v) is 8.22. The lowest BCUT2D eigenvalue weighted by Gasteiger charge is -2.32. The van der Waals surface area contributed by atoms with Gasteiger partial charge >= 0.3 is 6.03 Å². The molecule has 2 amide bonds. The van der Waals surface area contributed by atoms with E-state index in [0.717, 1.165) is 11.3 Å². The molecule has 128 valence electrons. The summed E-state index contributed by atoms with van der Waals surface area (Å²) >= 11 is 0. The third-order valence-electron chi connectivity index (χ3n) is 4.47. The first-order valence-electron chi connectivity index (χ1n) is 8.22. The molecule has 0 fully saturated rings. The summed E-state index contributed by atoms with van der Waals surface area (Å²) < 4.78 is 5.68. The van der Waals surface area contributed by atoms with Gasteiger partial charge < -0.3 is 20.5 Å². The van der Waals surface area contributed by atoms with E-state index in [2.05, 4.69) is 31.4 Å². The van der Waals surface area contributed by atoms with Crippen molar-refractivity contribution in [1.82, 2.24) is 10.6 Å². The van der Waals surface area contributed by atoms with Crippen molar-refractivity contribution < 1.29 is 14.6 Å². The van der Waals surface area contributed by atoms with Gasteiger partial charge in [-0.25, -0.2) is 4.79 Å². The Labute approximate surface area is 138 Å². The monoisotopic (exact) mass is 320 g/mol. The van der Waals surface area contributed by atoms with Crippen LogP contribution < -0.4 is 15.4 Å². The summed E-state index contributed by atoms with van der Waals surface area (Å²) in [4.78, 5) is 12.3. The number of carbonyl (C=O) groups excluding carboxylic acids is 1. The number of aliphatic hydroxyl groups excluding tert-OH is 1. The first-order chi connectivity index (χ1) is 10.8. The Kier molecular flexibility index (Phi) is 5.52. The highest BCUT2D eigenvalue weighted by Crippen LogP contribution is 2.35. The molecule has 23 heavy (non-hydrogen) atoms. The number of ether oxygens (including phenoxy) is 1. The molecule has 0 radical (unpaired) electrons. The normalized spacial score (nSPS) is 19.4. The number of urea groups is 1. The van der Waals surface area contributed by atoms with E-state index in [1.54, 1.807) is 0 Å². The van der Waals surface area contributed by atoms with Crippen molar-refractivity contribution >= 4 is 6.03 Å². The average Bonchev–Trinajstić information content (AvgIpc) is 2.89. The van der Waals surface area contributed by atoms with Gasteiger partial charge in [-0.05, 0) is 24.8 Å². The summed E-state index contributed by atoms with van der Waals surface area (Å²) in [5, 5.41) is 15.2. The number of carbonyl (C=O) groups is 1. The minimum absolute atomic E-state index is 0.0339. The van der Waals surface area contributed by atoms with Crippen LogP contribution in [0.25, 0.3) is 0 Å². The lowest BCUT2D eigenvalue weighted by molar-refractivity contribution is 0.186. The number of para-hydroxylation sites is 1. The van der Waals surface area contributed by atoms with Crippen LogP contribution in [0.2, 0.25) is 0 Å². The third kappa shape index (κ3) is 4.38. The zero-order valence-corrected chi connectivity index (χ0v) is 14.4. The van der Waals surface area contributed by atoms with Crippen molar-refractivity contribution in [3.05, 3.63) is 29.8 Å². The van der Waals surface area contributed by atoms with Gasteiger partial charge in [-0.1, -0.05) is 39.0 Å². The molecule has 0 bridgehead atoms. The van der Waals surface area contributed by atoms with Crippen molar-refractivity contribution in [1.29, 1.82) is 0 Å². The highest BCUT2D eigenvalue weighted by molar-refractivity contribution is 5.74. The molecule has 1 aliphatic heterocycles. The fraction of sp³-hybridized carbons (Fsp3) is 0.611. The molecule has 3 atom stereocenters. The van der Waals surface area contributed by atoms with Crippen LogP contribution in [0, 0.1) is 5.41 Å². The van der Waals surface area contributed by atoms with E-state index in [1.807, 2.05) is 31.2 Å². The first kappa shape index (κ1) is 17.6. The molecular formula is C18H28N2O3. The lowest BCUT2D eigenvalue weighted by Crippen LogP contribution is -2.51. The van der Waals surface area contributed by atoms with Crippen molar-refractivity contribution in [3.63, 3.8) is 0 Å². The van der Waals surface area contributed by atoms with E-state index >= 15 is 0 Å². The van der Waals surface area contributed by atoms with Gasteiger partial charge in [0.25, 0.3) is 0 Å². The number of fused-ring (bicyclic) bond motifs is 1. The standard InChI is InChI=1S/C18H28N2O3/c1-12(14-11-23-15-8-6-5-7-13(14)15)19-17(22)20-16(9-10-21)18(2,3)4/h5-8,12,14,16,21H,9-11H2,1-4H3,(H2,19,20,22)/t12-,14+,16-/m0/s1. The summed E-state index contributed by atoms with van der Waals surface area (Å²) in [6, 6.07) is 7.64. The maximum atomic E-state index is 12.3. The smallest absolute Gasteiger partial charge is 0.315 e. The van der Waals surface area contributed by atoms with Gasteiger partial charge in [-0.15, -0.1) is 0 Å². The molecule has 5 nitrogen and oxygen atoms in total. The molecular weight excluding hydrogens is 292 g/mol. The van der Waals surface area contributed by atoms with Crippen LogP contribution in [-0.2, 0) is 0 Å². The summed E-state index contributed by atoms with van der Waals surface area (Å²) in [5.41, 5.74) is 1.04. The van der Waals surface area contributed by atoms with Crippen LogP contribution in [0.15, 0.2) is 24.3 Å². The predicted molar refractivity (Wildman–Crippen MR) is 90.8 cm³/mol. The molecule has 0 saturated heterocycles. The van der Waals surface area contributed by atoms with E-state index in [1.165, 1.54) is 0 Å². The summed E-state index contributed by atoms with van der Waals surface area (Å²) in [6.45, 7) is 8.80. The van der Waals surface area contributed by atoms with Gasteiger partial charge in [-0.3, -0.25) is 0 Å². The van der Waals surface area contributed by atoms with E-state index in [0.29, 0.717) is 13.0 Å². The molecule has 1 heterocycles. The highest BCUT2D eigenvalue weighted by Gasteiger charge is 2.31. The average molecular weight is 320 g/mol. The van der Waals surface area contributed by atoms with Crippen molar-refractivity contribution in [2.45, 2.75) is 52.1 Å². The number of nitrogens with one attached hydrogen (secondary N) is 2. The van der Waals surface area contributed by atoms with Crippen molar-refractivity contribution in [3.8, 4) is 5.75 Å². The molecule has 1 aromatic carbocycles. The van der Waals surface area contributed by atoms with Crippen LogP contribution in [0.4, 0.5) is 4.79 Å². The highest BCUT2D eigenvalue weighted by atomic mass is 16.5. The predicted octanol–water partition coefficient (Wildman–Crippen LogP) is 2.65. The molecule has 2 rings (SSSR count). The third-order valence-corrected chi connectivity index (χ3v) is 4.47. The quantitative estimate of drug-likeness (QED) is 0.781. The van der Waals surface area contributed by atoms with Gasteiger partial charge in [0, 0.05) is 30.2 Å². The summed E-state index contributed by atoms with van der Waals surface area (Å²) in [5.74, 6) is 1.06. The number of hydrogen-bond donors (Lipinski definition) is 3. The van der Waals surface area contributed by atoms with Gasteiger partial charge in [0.15, 0.2) is 0 Å². The molecule has 1 aliphatic rings. The Balaban J connectivity index is 1.95. The molecule has 1 aromatic rings. The number of amides is 2. The maximum absolute atomic E-state index is 12.3. The molecule has 0 aliphatic carbocycles. The molecule has 5 heteroatoms. The van der Waals surface area contributed by atoms with Gasteiger partial charge in [0.1, 0.15) is 5.75 Å². The number of aliphatic hydroxyl groups is 1. The zero-order chi connectivity index (χ0) is 17.0. The van der Waals surface area contributed by atoms with Crippen LogP contribution in [0.3, 0.4) is 0 Å². The molecule has 0 spiro atoms. The minimum Gasteiger partial charge on any atom is -0.493 e. The molecule has 0 aromatic heterocycles. The second-order valence-electron chi connectivity index (χ2n) is 7.29. The molecule has 0 saturated carbocycles. The van der Waals surface area contributed by atoms with Crippen LogP contribution >= 0.6 is 0 Å². The van der Waals surface area contributed by atoms with Crippen LogP contribution in [0.5, 0.6) is 5.75 Å². The largest absolute Gasteiger partial charge is 0.493 e. The van der Waals surface area contributed by atoms with Crippen LogP contribution in [0.1, 0.15) is 45.6 Å². The molecule has 3 N–H and O–H groups in total. The summed E-state index contributed by atoms with van der Waals surface area (Å²) in [7, 11) is 0. The zero-order valence-electron chi connectivity index (χ0n) is 14.4. The fourth-order valence-corrected chi connectivity index (χ4v) is 2.96. The number of benzene rings is 1. The Hall–Kier alpha value is -1.75. The Morgan fingerprint density at radius 2 is 2.04 bits per heavy atom. The second-order valence-corrected chi connectivity index (χ2v) is 7.29. The van der Waals surface area contributed by atoms with E-state index in [4.69, 9.17) is 4.74 Å². The lowest BCUT2D eigenvalue weighted by atomic mass is 9.85. The number of rotatable bonds is 5.